The molecule has 0 fully saturated rings. The molecule has 0 saturated heterocycles. The molecular formula is C23H21N5O2S. The molecular weight excluding hydrogens is 410 g/mol. The predicted octanol–water partition coefficient (Wildman–Crippen LogP) is 3.30. The van der Waals surface area contributed by atoms with E-state index in [4.69, 9.17) is 0 Å². The van der Waals surface area contributed by atoms with Crippen LogP contribution in [0.15, 0.2) is 71.1 Å². The lowest BCUT2D eigenvalue weighted by Gasteiger charge is -2.21. The van der Waals surface area contributed by atoms with Crippen LogP contribution in [-0.2, 0) is 17.8 Å². The molecule has 0 aliphatic carbocycles. The lowest BCUT2D eigenvalue weighted by atomic mass is 10.2. The third-order valence-electron chi connectivity index (χ3n) is 5.57. The monoisotopic (exact) mass is 431 g/mol. The van der Waals surface area contributed by atoms with E-state index in [-0.39, 0.29) is 16.7 Å². The van der Waals surface area contributed by atoms with Crippen molar-refractivity contribution < 1.29 is 4.79 Å². The number of anilines is 1. The van der Waals surface area contributed by atoms with Gasteiger partial charge in [0.05, 0.1) is 16.2 Å². The highest BCUT2D eigenvalue weighted by molar-refractivity contribution is 8.00. The lowest BCUT2D eigenvalue weighted by Crippen LogP contribution is -2.35. The Bertz CT molecular complexity index is 1390. The zero-order chi connectivity index (χ0) is 21.5. The molecule has 0 saturated carbocycles. The number of carbonyl (C=O) groups excluding carboxylic acids is 1. The van der Waals surface area contributed by atoms with Crippen LogP contribution in [0.5, 0.6) is 0 Å². The van der Waals surface area contributed by atoms with Crippen molar-refractivity contribution >= 4 is 40.0 Å². The number of carbonyl (C=O) groups is 1. The minimum Gasteiger partial charge on any atom is -0.311 e. The average Bonchev–Trinajstić information content (AvgIpc) is 3.41. The van der Waals surface area contributed by atoms with Gasteiger partial charge in [-0.1, -0.05) is 48.2 Å². The summed E-state index contributed by atoms with van der Waals surface area (Å²) in [6.07, 6.45) is 2.53. The summed E-state index contributed by atoms with van der Waals surface area (Å²) in [5.41, 5.74) is 2.77. The number of hydrogen-bond donors (Lipinski definition) is 0. The molecule has 1 aliphatic rings. The molecule has 1 atom stereocenters. The quantitative estimate of drug-likeness (QED) is 0.358. The van der Waals surface area contributed by atoms with E-state index in [0.29, 0.717) is 29.4 Å². The first kappa shape index (κ1) is 19.6. The van der Waals surface area contributed by atoms with Gasteiger partial charge in [0, 0.05) is 18.8 Å². The molecule has 1 amide bonds. The van der Waals surface area contributed by atoms with Gasteiger partial charge in [-0.15, -0.1) is 16.8 Å². The van der Waals surface area contributed by atoms with Crippen molar-refractivity contribution in [2.75, 3.05) is 11.4 Å². The molecule has 8 heteroatoms. The van der Waals surface area contributed by atoms with Crippen LogP contribution in [-0.4, -0.2) is 36.9 Å². The largest absolute Gasteiger partial charge is 0.311 e. The molecule has 0 unspecified atom stereocenters. The summed E-state index contributed by atoms with van der Waals surface area (Å²) < 4.78 is 3.40. The normalized spacial score (nSPS) is 14.2. The summed E-state index contributed by atoms with van der Waals surface area (Å²) in [6, 6.07) is 15.4. The molecule has 1 aliphatic heterocycles. The van der Waals surface area contributed by atoms with Crippen LogP contribution in [0.1, 0.15) is 12.5 Å². The predicted molar refractivity (Wildman–Crippen MR) is 123 cm³/mol. The van der Waals surface area contributed by atoms with Crippen molar-refractivity contribution in [3.05, 3.63) is 77.1 Å². The van der Waals surface area contributed by atoms with E-state index in [1.54, 1.807) is 16.7 Å². The molecule has 5 rings (SSSR count). The molecule has 7 nitrogen and oxygen atoms in total. The van der Waals surface area contributed by atoms with Gasteiger partial charge in [0.2, 0.25) is 11.7 Å². The van der Waals surface area contributed by atoms with Crippen LogP contribution < -0.4 is 10.5 Å². The maximum Gasteiger partial charge on any atom is 0.263 e. The summed E-state index contributed by atoms with van der Waals surface area (Å²) >= 11 is 1.35. The van der Waals surface area contributed by atoms with Gasteiger partial charge in [-0.25, -0.2) is 0 Å². The van der Waals surface area contributed by atoms with Crippen molar-refractivity contribution in [3.8, 4) is 0 Å². The summed E-state index contributed by atoms with van der Waals surface area (Å²) in [7, 11) is 0. The number of benzene rings is 2. The van der Waals surface area contributed by atoms with Crippen LogP contribution in [0.2, 0.25) is 0 Å². The fourth-order valence-corrected chi connectivity index (χ4v) is 5.02. The van der Waals surface area contributed by atoms with E-state index in [1.165, 1.54) is 17.3 Å². The molecule has 4 aromatic rings. The van der Waals surface area contributed by atoms with E-state index < -0.39 is 0 Å². The van der Waals surface area contributed by atoms with Gasteiger partial charge in [0.1, 0.15) is 0 Å². The maximum absolute atomic E-state index is 13.2. The number of thioether (sulfide) groups is 1. The van der Waals surface area contributed by atoms with Crippen molar-refractivity contribution in [2.45, 2.75) is 30.3 Å². The molecule has 2 aromatic heterocycles. The third-order valence-corrected chi connectivity index (χ3v) is 6.60. The van der Waals surface area contributed by atoms with Crippen LogP contribution in [0.4, 0.5) is 5.69 Å². The smallest absolute Gasteiger partial charge is 0.263 e. The van der Waals surface area contributed by atoms with Crippen LogP contribution >= 0.6 is 11.8 Å². The first-order valence-electron chi connectivity index (χ1n) is 10.1. The van der Waals surface area contributed by atoms with Gasteiger partial charge in [0.25, 0.3) is 5.56 Å². The van der Waals surface area contributed by atoms with E-state index in [9.17, 15) is 9.59 Å². The van der Waals surface area contributed by atoms with Gasteiger partial charge in [-0.2, -0.15) is 0 Å². The summed E-state index contributed by atoms with van der Waals surface area (Å²) in [6.45, 7) is 6.65. The van der Waals surface area contributed by atoms with Gasteiger partial charge < -0.3 is 4.90 Å². The minimum atomic E-state index is -0.364. The summed E-state index contributed by atoms with van der Waals surface area (Å²) in [5.74, 6) is 0.479. The Labute approximate surface area is 183 Å². The maximum atomic E-state index is 13.2. The molecule has 156 valence electrons. The lowest BCUT2D eigenvalue weighted by molar-refractivity contribution is -0.117. The van der Waals surface area contributed by atoms with E-state index in [0.717, 1.165) is 17.6 Å². The molecule has 0 bridgehead atoms. The zero-order valence-corrected chi connectivity index (χ0v) is 17.9. The Morgan fingerprint density at radius 3 is 2.81 bits per heavy atom. The van der Waals surface area contributed by atoms with Crippen molar-refractivity contribution in [1.82, 2.24) is 19.2 Å². The fraction of sp³-hybridized carbons (Fsp3) is 0.217. The van der Waals surface area contributed by atoms with Crippen molar-refractivity contribution in [2.24, 2.45) is 0 Å². The molecule has 2 aromatic carbocycles. The second kappa shape index (κ2) is 7.70. The molecule has 3 heterocycles. The number of amides is 1. The Morgan fingerprint density at radius 2 is 1.97 bits per heavy atom. The number of allylic oxidation sites excluding steroid dienone is 1. The number of fused-ring (bicyclic) bond motifs is 4. The van der Waals surface area contributed by atoms with E-state index in [2.05, 4.69) is 22.8 Å². The fourth-order valence-electron chi connectivity index (χ4n) is 4.10. The minimum absolute atomic E-state index is 0.0374. The van der Waals surface area contributed by atoms with Crippen molar-refractivity contribution in [1.29, 1.82) is 0 Å². The zero-order valence-electron chi connectivity index (χ0n) is 17.1. The van der Waals surface area contributed by atoms with Crippen LogP contribution in [0.25, 0.3) is 16.7 Å². The van der Waals surface area contributed by atoms with E-state index >= 15 is 0 Å². The molecule has 0 N–H and O–H groups in total. The van der Waals surface area contributed by atoms with Gasteiger partial charge >= 0.3 is 0 Å². The number of aromatic nitrogens is 4. The average molecular weight is 432 g/mol. The SMILES string of the molecule is C=CCn1c(=O)c2ccccc2n2c(S[C@H](C)C(=O)N3CCc4ccccc43)nnc12. The van der Waals surface area contributed by atoms with Gasteiger partial charge in [-0.3, -0.25) is 18.6 Å². The highest BCUT2D eigenvalue weighted by Gasteiger charge is 2.29. The van der Waals surface area contributed by atoms with E-state index in [1.807, 2.05) is 52.6 Å². The van der Waals surface area contributed by atoms with Gasteiger partial charge in [-0.05, 0) is 37.1 Å². The highest BCUT2D eigenvalue weighted by Crippen LogP contribution is 2.31. The Balaban J connectivity index is 1.55. The summed E-state index contributed by atoms with van der Waals surface area (Å²) in [5, 5.41) is 9.40. The first-order valence-corrected chi connectivity index (χ1v) is 11.0. The standard InChI is InChI=1S/C23H21N5O2S/c1-3-13-27-21(30)17-9-5-7-11-19(17)28-22(27)24-25-23(28)31-15(2)20(29)26-14-12-16-8-4-6-10-18(16)26/h3-11,15H,1,12-14H2,2H3/t15-/m1/s1. The van der Waals surface area contributed by atoms with Crippen LogP contribution in [0, 0.1) is 0 Å². The number of rotatable bonds is 5. The number of para-hydroxylation sites is 2. The molecule has 31 heavy (non-hydrogen) atoms. The highest BCUT2D eigenvalue weighted by atomic mass is 32.2. The summed E-state index contributed by atoms with van der Waals surface area (Å²) in [4.78, 5) is 28.0. The Kier molecular flexibility index (Phi) is 4.86. The first-order chi connectivity index (χ1) is 15.1. The second-order valence-electron chi connectivity index (χ2n) is 7.47. The molecule has 0 radical (unpaired) electrons. The Hall–Kier alpha value is -3.39. The third kappa shape index (κ3) is 3.14. The second-order valence-corrected chi connectivity index (χ2v) is 8.78. The number of hydrogen-bond acceptors (Lipinski definition) is 5. The topological polar surface area (TPSA) is 72.5 Å². The van der Waals surface area contributed by atoms with Crippen LogP contribution in [0.3, 0.4) is 0 Å². The Morgan fingerprint density at radius 1 is 1.19 bits per heavy atom. The van der Waals surface area contributed by atoms with Crippen molar-refractivity contribution in [3.63, 3.8) is 0 Å². The number of nitrogens with zero attached hydrogens (tertiary/aromatic N) is 5. The molecule has 0 spiro atoms. The van der Waals surface area contributed by atoms with Gasteiger partial charge in [0.15, 0.2) is 5.16 Å².